The van der Waals surface area contributed by atoms with E-state index in [9.17, 15) is 14.7 Å². The summed E-state index contributed by atoms with van der Waals surface area (Å²) >= 11 is 1.12. The maximum Gasteiger partial charge on any atom is 0.412 e. The van der Waals surface area contributed by atoms with Crippen molar-refractivity contribution in [1.82, 2.24) is 14.3 Å². The molecule has 160 valence electrons. The van der Waals surface area contributed by atoms with Gasteiger partial charge >= 0.3 is 17.8 Å². The van der Waals surface area contributed by atoms with Crippen LogP contribution in [0, 0.1) is 11.8 Å². The molecule has 0 atom stereocenters. The summed E-state index contributed by atoms with van der Waals surface area (Å²) in [6.45, 7) is 0.138. The lowest BCUT2D eigenvalue weighted by atomic mass is 10.1. The number of hydrogen-bond donors (Lipinski definition) is 2. The van der Waals surface area contributed by atoms with Crippen LogP contribution in [0.1, 0.15) is 35.9 Å². The number of anilines is 1. The zero-order valence-electron chi connectivity index (χ0n) is 16.3. The molecule has 4 aromatic rings. The average molecular weight is 450 g/mol. The molecule has 2 N–H and O–H groups in total. The van der Waals surface area contributed by atoms with Gasteiger partial charge in [-0.3, -0.25) is 10.1 Å². The largest absolute Gasteiger partial charge is 0.480 e. The second kappa shape index (κ2) is 7.82. The summed E-state index contributed by atoms with van der Waals surface area (Å²) in [5.41, 5.74) is 0.655. The highest BCUT2D eigenvalue weighted by Gasteiger charge is 2.56. The van der Waals surface area contributed by atoms with Gasteiger partial charge < -0.3 is 18.7 Å². The summed E-state index contributed by atoms with van der Waals surface area (Å²) in [6, 6.07) is 9.31. The minimum absolute atomic E-state index is 0.0120. The van der Waals surface area contributed by atoms with Crippen molar-refractivity contribution in [3.63, 3.8) is 0 Å². The van der Waals surface area contributed by atoms with E-state index in [0.29, 0.717) is 24.2 Å². The molecule has 0 bridgehead atoms. The van der Waals surface area contributed by atoms with Crippen LogP contribution in [0.4, 0.5) is 10.5 Å². The first-order valence-electron chi connectivity index (χ1n) is 9.49. The number of fused-ring (bicyclic) bond motifs is 1. The summed E-state index contributed by atoms with van der Waals surface area (Å²) in [5, 5.41) is 13.6. The highest BCUT2D eigenvalue weighted by Crippen LogP contribution is 2.48. The van der Waals surface area contributed by atoms with Crippen molar-refractivity contribution < 1.29 is 28.3 Å². The monoisotopic (exact) mass is 450 g/mol. The second-order valence-corrected chi connectivity index (χ2v) is 7.68. The molecular weight excluding hydrogens is 436 g/mol. The fourth-order valence-electron chi connectivity index (χ4n) is 2.94. The third-order valence-corrected chi connectivity index (χ3v) is 5.48. The maximum atomic E-state index is 12.1. The molecule has 1 aliphatic carbocycles. The molecule has 1 aromatic carbocycles. The average Bonchev–Trinajstić information content (AvgIpc) is 3.11. The van der Waals surface area contributed by atoms with Crippen molar-refractivity contribution in [3.8, 4) is 11.8 Å². The minimum Gasteiger partial charge on any atom is -0.480 e. The van der Waals surface area contributed by atoms with Crippen LogP contribution in [0.5, 0.6) is 0 Å². The van der Waals surface area contributed by atoms with Gasteiger partial charge in [-0.15, -0.1) is 0 Å². The van der Waals surface area contributed by atoms with Crippen LogP contribution in [0.25, 0.3) is 11.4 Å². The highest BCUT2D eigenvalue weighted by atomic mass is 32.1. The van der Waals surface area contributed by atoms with Gasteiger partial charge in [0.2, 0.25) is 11.5 Å². The Morgan fingerprint density at radius 1 is 1.19 bits per heavy atom. The van der Waals surface area contributed by atoms with Gasteiger partial charge in [0, 0.05) is 11.3 Å². The van der Waals surface area contributed by atoms with Crippen molar-refractivity contribution in [1.29, 1.82) is 0 Å². The molecule has 32 heavy (non-hydrogen) atoms. The molecular formula is C21H14N4O6S. The smallest absolute Gasteiger partial charge is 0.412 e. The predicted molar refractivity (Wildman–Crippen MR) is 111 cm³/mol. The molecule has 1 saturated carbocycles. The summed E-state index contributed by atoms with van der Waals surface area (Å²) in [6.07, 6.45) is 0.298. The third-order valence-electron chi connectivity index (χ3n) is 4.85. The molecule has 0 unspecified atom stereocenters. The van der Waals surface area contributed by atoms with Crippen molar-refractivity contribution in [3.05, 3.63) is 58.8 Å². The second-order valence-electron chi connectivity index (χ2n) is 7.05. The highest BCUT2D eigenvalue weighted by molar-refractivity contribution is 7.04. The molecule has 3 aromatic heterocycles. The van der Waals surface area contributed by atoms with E-state index >= 15 is 0 Å². The summed E-state index contributed by atoms with van der Waals surface area (Å²) in [5.74, 6) is 4.63. The number of carboxylic acid groups (broad SMARTS) is 1. The SMILES string of the molecule is O=C(Nc1csnc1C#Cc1nc2nc(C3(C(=O)O)CC3)oc2o1)OCc1ccccc1. The van der Waals surface area contributed by atoms with Crippen molar-refractivity contribution in [2.45, 2.75) is 24.9 Å². The summed E-state index contributed by atoms with van der Waals surface area (Å²) < 4.78 is 20.2. The van der Waals surface area contributed by atoms with E-state index in [1.165, 1.54) is 0 Å². The number of carbonyl (C=O) groups excluding carboxylic acids is 1. The Balaban J connectivity index is 1.26. The van der Waals surface area contributed by atoms with Crippen LogP contribution < -0.4 is 5.32 Å². The summed E-state index contributed by atoms with van der Waals surface area (Å²) in [7, 11) is 0. The standard InChI is InChI=1S/C21H14N4O6S/c26-19(27)21(8-9-21)18-24-16-17(31-18)30-15(23-16)7-6-13-14(11-32-25-13)22-20(28)29-10-12-4-2-1-3-5-12/h1-5,11H,8-10H2,(H,22,28)(H,26,27). The van der Waals surface area contributed by atoms with Crippen LogP contribution in [0.15, 0.2) is 44.5 Å². The molecule has 1 amide bonds. The number of carbonyl (C=O) groups is 2. The fourth-order valence-corrected chi connectivity index (χ4v) is 3.52. The Kier molecular flexibility index (Phi) is 4.84. The van der Waals surface area contributed by atoms with Gasteiger partial charge in [-0.05, 0) is 35.9 Å². The number of ether oxygens (including phenoxy) is 1. The number of aromatic nitrogens is 3. The number of aliphatic carboxylic acids is 1. The normalized spacial score (nSPS) is 13.9. The first-order chi connectivity index (χ1) is 15.5. The van der Waals surface area contributed by atoms with E-state index in [-0.39, 0.29) is 29.8 Å². The van der Waals surface area contributed by atoms with Gasteiger partial charge in [0.25, 0.3) is 5.89 Å². The molecule has 11 heteroatoms. The van der Waals surface area contributed by atoms with Crippen LogP contribution in [-0.2, 0) is 21.6 Å². The van der Waals surface area contributed by atoms with E-state index in [2.05, 4.69) is 31.5 Å². The number of nitrogens with one attached hydrogen (secondary N) is 1. The molecule has 3 heterocycles. The molecule has 0 radical (unpaired) electrons. The molecule has 1 aliphatic rings. The molecule has 1 fully saturated rings. The van der Waals surface area contributed by atoms with Crippen molar-refractivity contribution in [2.75, 3.05) is 5.32 Å². The zero-order chi connectivity index (χ0) is 22.1. The lowest BCUT2D eigenvalue weighted by Gasteiger charge is -2.05. The van der Waals surface area contributed by atoms with E-state index in [1.54, 1.807) is 5.38 Å². The lowest BCUT2D eigenvalue weighted by molar-refractivity contribution is -0.140. The topological polar surface area (TPSA) is 141 Å². The van der Waals surface area contributed by atoms with Gasteiger partial charge in [0.1, 0.15) is 12.0 Å². The number of hydrogen-bond acceptors (Lipinski definition) is 9. The fraction of sp³-hybridized carbons (Fsp3) is 0.190. The van der Waals surface area contributed by atoms with E-state index in [4.69, 9.17) is 13.6 Å². The van der Waals surface area contributed by atoms with Crippen LogP contribution >= 0.6 is 11.5 Å². The molecule has 5 rings (SSSR count). The van der Waals surface area contributed by atoms with Gasteiger partial charge in [-0.2, -0.15) is 14.3 Å². The Labute approximate surface area is 184 Å². The Morgan fingerprint density at radius 2 is 2.00 bits per heavy atom. The van der Waals surface area contributed by atoms with Gasteiger partial charge in [-0.1, -0.05) is 30.3 Å². The molecule has 0 spiro atoms. The first kappa shape index (κ1) is 19.8. The number of carboxylic acids is 1. The number of oxazole rings is 2. The summed E-state index contributed by atoms with van der Waals surface area (Å²) in [4.78, 5) is 31.7. The molecule has 0 saturated heterocycles. The van der Waals surface area contributed by atoms with E-state index in [1.807, 2.05) is 30.3 Å². The number of amides is 1. The Morgan fingerprint density at radius 3 is 2.72 bits per heavy atom. The van der Waals surface area contributed by atoms with Gasteiger partial charge in [-0.25, -0.2) is 4.79 Å². The molecule has 10 nitrogen and oxygen atoms in total. The van der Waals surface area contributed by atoms with E-state index < -0.39 is 17.5 Å². The van der Waals surface area contributed by atoms with Crippen molar-refractivity contribution >= 4 is 40.7 Å². The van der Waals surface area contributed by atoms with Crippen LogP contribution in [-0.4, -0.2) is 31.5 Å². The lowest BCUT2D eigenvalue weighted by Crippen LogP contribution is -2.19. The minimum atomic E-state index is -1.08. The quantitative estimate of drug-likeness (QED) is 0.437. The Bertz CT molecular complexity index is 1340. The Hall–Kier alpha value is -4.17. The van der Waals surface area contributed by atoms with Gasteiger partial charge in [0.05, 0.1) is 5.69 Å². The van der Waals surface area contributed by atoms with Crippen LogP contribution in [0.3, 0.4) is 0 Å². The molecule has 0 aliphatic heterocycles. The maximum absolute atomic E-state index is 12.1. The number of benzene rings is 1. The zero-order valence-corrected chi connectivity index (χ0v) is 17.1. The number of nitrogens with zero attached hydrogens (tertiary/aromatic N) is 3. The van der Waals surface area contributed by atoms with E-state index in [0.717, 1.165) is 17.1 Å². The predicted octanol–water partition coefficient (Wildman–Crippen LogP) is 3.54. The number of rotatable bonds is 5. The first-order valence-corrected chi connectivity index (χ1v) is 10.3. The third kappa shape index (κ3) is 3.79. The van der Waals surface area contributed by atoms with Crippen molar-refractivity contribution in [2.24, 2.45) is 0 Å². The van der Waals surface area contributed by atoms with Crippen LogP contribution in [0.2, 0.25) is 0 Å². The van der Waals surface area contributed by atoms with Gasteiger partial charge in [0.15, 0.2) is 5.69 Å².